The van der Waals surface area contributed by atoms with Crippen LogP contribution in [0, 0.1) is 0 Å². The van der Waals surface area contributed by atoms with E-state index in [4.69, 9.17) is 12.6 Å². The molecule has 2 aromatic carbocycles. The van der Waals surface area contributed by atoms with Crippen molar-refractivity contribution in [3.05, 3.63) is 60.7 Å². The number of alkyl halides is 1. The van der Waals surface area contributed by atoms with Crippen molar-refractivity contribution in [1.29, 1.82) is 0 Å². The molecule has 0 aliphatic carbocycles. The minimum Gasteiger partial charge on any atom is -0.780 e. The van der Waals surface area contributed by atoms with Gasteiger partial charge in [-0.2, -0.15) is 4.90 Å². The van der Waals surface area contributed by atoms with Crippen molar-refractivity contribution in [2.24, 2.45) is 0 Å². The Bertz CT molecular complexity index is 444. The fourth-order valence-electron chi connectivity index (χ4n) is 1.19. The van der Waals surface area contributed by atoms with Crippen molar-refractivity contribution in [3.8, 4) is 0 Å². The predicted molar refractivity (Wildman–Crippen MR) is 109 cm³/mol. The van der Waals surface area contributed by atoms with E-state index in [-0.39, 0.29) is 29.6 Å². The minimum atomic E-state index is 0. The number of benzene rings is 2. The Kier molecular flexibility index (Phi) is 18.8. The van der Waals surface area contributed by atoms with E-state index in [1.807, 2.05) is 48.2 Å². The summed E-state index contributed by atoms with van der Waals surface area (Å²) in [4.78, 5) is 2.26. The maximum Gasteiger partial charge on any atom is 1.00 e. The molecule has 2 aromatic rings. The first-order chi connectivity index (χ1) is 9.91. The average molecular weight is 454 g/mol. The molecule has 2 rings (SSSR count). The van der Waals surface area contributed by atoms with Gasteiger partial charge in [0.1, 0.15) is 0 Å². The van der Waals surface area contributed by atoms with Crippen LogP contribution in [0.2, 0.25) is 0 Å². The number of hydrogen-bond acceptors (Lipinski definition) is 2. The van der Waals surface area contributed by atoms with Crippen molar-refractivity contribution in [2.75, 3.05) is 0 Å². The molecule has 0 saturated carbocycles. The minimum absolute atomic E-state index is 0. The van der Waals surface area contributed by atoms with Crippen LogP contribution < -0.4 is 29.6 Å². The van der Waals surface area contributed by atoms with E-state index in [0.29, 0.717) is 5.25 Å². The van der Waals surface area contributed by atoms with Crippen LogP contribution in [0.1, 0.15) is 27.7 Å². The molecule has 0 unspecified atom stereocenters. The van der Waals surface area contributed by atoms with Gasteiger partial charge >= 0.3 is 29.6 Å². The van der Waals surface area contributed by atoms with Gasteiger partial charge in [0, 0.05) is 14.1 Å². The third-order valence-electron chi connectivity index (χ3n) is 1.86. The zero-order valence-corrected chi connectivity index (χ0v) is 19.9. The van der Waals surface area contributed by atoms with Crippen LogP contribution in [0.5, 0.6) is 0 Å². The molecule has 22 heavy (non-hydrogen) atoms. The van der Waals surface area contributed by atoms with Crippen molar-refractivity contribution in [3.63, 3.8) is 0 Å². The van der Waals surface area contributed by atoms with E-state index < -0.39 is 0 Å². The Morgan fingerprint density at radius 3 is 1.45 bits per heavy atom. The third-order valence-corrected chi connectivity index (χ3v) is 3.15. The summed E-state index contributed by atoms with van der Waals surface area (Å²) in [7, 11) is 0. The number of halogens is 1. The molecular formula is C18H24INaS2. The van der Waals surface area contributed by atoms with Gasteiger partial charge in [0.15, 0.2) is 0 Å². The Morgan fingerprint density at radius 1 is 0.818 bits per heavy atom. The third kappa shape index (κ3) is 18.8. The Labute approximate surface area is 182 Å². The van der Waals surface area contributed by atoms with Crippen LogP contribution in [0.15, 0.2) is 70.5 Å². The Balaban J connectivity index is 0. The molecule has 0 fully saturated rings. The summed E-state index contributed by atoms with van der Waals surface area (Å²) >= 11 is 9.05. The molecule has 0 aliphatic rings. The molecule has 0 saturated heterocycles. The molecule has 0 nitrogen and oxygen atoms in total. The van der Waals surface area contributed by atoms with Gasteiger partial charge in [-0.3, -0.25) is 0 Å². The smallest absolute Gasteiger partial charge is 0.780 e. The van der Waals surface area contributed by atoms with E-state index in [0.717, 1.165) is 8.82 Å². The van der Waals surface area contributed by atoms with Crippen LogP contribution >= 0.6 is 34.4 Å². The van der Waals surface area contributed by atoms with Gasteiger partial charge in [-0.05, 0) is 12.1 Å². The van der Waals surface area contributed by atoms with Gasteiger partial charge < -0.3 is 12.6 Å². The summed E-state index contributed by atoms with van der Waals surface area (Å²) in [6.45, 7) is 8.72. The first kappa shape index (κ1) is 25.0. The SMILES string of the molecule is CC(C)I.CC(C)Sc1ccccc1.[Na+].[S-]c1ccccc1. The Hall–Kier alpha value is 0.740. The monoisotopic (exact) mass is 454 g/mol. The quantitative estimate of drug-likeness (QED) is 0.224. The van der Waals surface area contributed by atoms with Gasteiger partial charge in [-0.1, -0.05) is 98.8 Å². The van der Waals surface area contributed by atoms with Crippen LogP contribution in [0.25, 0.3) is 0 Å². The van der Waals surface area contributed by atoms with Gasteiger partial charge in [0.25, 0.3) is 0 Å². The molecule has 0 N–H and O–H groups in total. The molecule has 0 amide bonds. The van der Waals surface area contributed by atoms with E-state index >= 15 is 0 Å². The standard InChI is InChI=1S/C9H12S.C6H6S.C3H7I.Na/c1-8(2)10-9-6-4-3-5-7-9;7-6-4-2-1-3-5-6;1-3(2)4;/h3-8H,1-2H3;1-5,7H;3H,1-2H3;/q;;;+1/p-1. The van der Waals surface area contributed by atoms with Crippen LogP contribution in [0.4, 0.5) is 0 Å². The van der Waals surface area contributed by atoms with Gasteiger partial charge in [-0.25, -0.2) is 0 Å². The molecule has 0 spiro atoms. The van der Waals surface area contributed by atoms with E-state index in [9.17, 15) is 0 Å². The van der Waals surface area contributed by atoms with E-state index in [1.165, 1.54) is 4.90 Å². The van der Waals surface area contributed by atoms with Crippen molar-refractivity contribution >= 4 is 47.0 Å². The van der Waals surface area contributed by atoms with Gasteiger partial charge in [0.05, 0.1) is 0 Å². The topological polar surface area (TPSA) is 0 Å². The fourth-order valence-corrected chi connectivity index (χ4v) is 2.21. The molecule has 0 radical (unpaired) electrons. The van der Waals surface area contributed by atoms with Gasteiger partial charge in [-0.15, -0.1) is 11.8 Å². The molecule has 0 atom stereocenters. The molecule has 4 heteroatoms. The number of rotatable bonds is 2. The summed E-state index contributed by atoms with van der Waals surface area (Å²) in [5, 5.41) is 0.683. The second-order valence-corrected chi connectivity index (χ2v) is 9.42. The van der Waals surface area contributed by atoms with E-state index in [1.54, 1.807) is 0 Å². The zero-order valence-electron chi connectivity index (χ0n) is 14.1. The summed E-state index contributed by atoms with van der Waals surface area (Å²) < 4.78 is 0.803. The molecule has 0 aliphatic heterocycles. The summed E-state index contributed by atoms with van der Waals surface area (Å²) in [5.74, 6) is 0. The summed E-state index contributed by atoms with van der Waals surface area (Å²) in [6, 6.07) is 20.1. The van der Waals surface area contributed by atoms with Crippen LogP contribution in [0.3, 0.4) is 0 Å². The van der Waals surface area contributed by atoms with Crippen LogP contribution in [-0.2, 0) is 12.6 Å². The second-order valence-electron chi connectivity index (χ2n) is 4.81. The predicted octanol–water partition coefficient (Wildman–Crippen LogP) is 3.61. The number of hydrogen-bond donors (Lipinski definition) is 0. The normalized spacial score (nSPS) is 9.05. The maximum absolute atomic E-state index is 4.81. The first-order valence-corrected chi connectivity index (χ1v) is 9.53. The molecular weight excluding hydrogens is 430 g/mol. The van der Waals surface area contributed by atoms with Gasteiger partial charge in [0.2, 0.25) is 0 Å². The van der Waals surface area contributed by atoms with E-state index in [2.05, 4.69) is 74.6 Å². The summed E-state index contributed by atoms with van der Waals surface area (Å²) in [6.07, 6.45) is 0. The summed E-state index contributed by atoms with van der Waals surface area (Å²) in [5.41, 5.74) is 0. The molecule has 0 heterocycles. The largest absolute Gasteiger partial charge is 1.00 e. The first-order valence-electron chi connectivity index (χ1n) is 6.99. The molecule has 0 bridgehead atoms. The van der Waals surface area contributed by atoms with Crippen molar-refractivity contribution in [1.82, 2.24) is 0 Å². The zero-order chi connectivity index (χ0) is 16.1. The second kappa shape index (κ2) is 16.6. The van der Waals surface area contributed by atoms with Crippen molar-refractivity contribution in [2.45, 2.75) is 46.7 Å². The van der Waals surface area contributed by atoms with Crippen molar-refractivity contribution < 1.29 is 29.6 Å². The Morgan fingerprint density at radius 2 is 1.18 bits per heavy atom. The molecule has 116 valence electrons. The average Bonchev–Trinajstić information content (AvgIpc) is 2.40. The maximum atomic E-state index is 4.81. The fraction of sp³-hybridized carbons (Fsp3) is 0.333. The molecule has 0 aromatic heterocycles. The van der Waals surface area contributed by atoms with Crippen LogP contribution in [-0.4, -0.2) is 9.17 Å². The number of thioether (sulfide) groups is 1.